The van der Waals surface area contributed by atoms with Crippen molar-refractivity contribution in [3.63, 3.8) is 0 Å². The number of hydrogen-bond acceptors (Lipinski definition) is 6. The van der Waals surface area contributed by atoms with E-state index in [2.05, 4.69) is 9.72 Å². The molecule has 0 bridgehead atoms. The maximum atomic E-state index is 13.1. The summed E-state index contributed by atoms with van der Waals surface area (Å²) in [6.07, 6.45) is 2.05. The van der Waals surface area contributed by atoms with Gasteiger partial charge in [-0.05, 0) is 31.0 Å². The predicted molar refractivity (Wildman–Crippen MR) is 92.8 cm³/mol. The number of ether oxygens (including phenoxy) is 1. The minimum atomic E-state index is -0.675. The summed E-state index contributed by atoms with van der Waals surface area (Å²) in [5.41, 5.74) is 0.777. The van der Waals surface area contributed by atoms with Crippen LogP contribution < -0.4 is 4.90 Å². The third kappa shape index (κ3) is 3.35. The van der Waals surface area contributed by atoms with Gasteiger partial charge >= 0.3 is 11.7 Å². The number of anilines is 1. The number of esters is 1. The van der Waals surface area contributed by atoms with Crippen LogP contribution in [0.1, 0.15) is 35.2 Å². The number of benzene rings is 1. The largest absolute Gasteiger partial charge is 0.465 e. The van der Waals surface area contributed by atoms with Gasteiger partial charge in [-0.25, -0.2) is 14.2 Å². The molecule has 7 nitrogen and oxygen atoms in total. The number of carbonyl (C=O) groups is 1. The van der Waals surface area contributed by atoms with E-state index in [4.69, 9.17) is 0 Å². The van der Waals surface area contributed by atoms with E-state index in [9.17, 15) is 19.3 Å². The Hall–Kier alpha value is -3.03. The van der Waals surface area contributed by atoms with Gasteiger partial charge in [-0.3, -0.25) is 10.1 Å². The zero-order valence-corrected chi connectivity index (χ0v) is 14.4. The first-order chi connectivity index (χ1) is 12.4. The molecule has 2 aromatic rings. The van der Waals surface area contributed by atoms with Crippen molar-refractivity contribution in [2.75, 3.05) is 18.6 Å². The van der Waals surface area contributed by atoms with Crippen molar-refractivity contribution in [1.29, 1.82) is 0 Å². The number of aromatic nitrogens is 1. The topological polar surface area (TPSA) is 85.6 Å². The van der Waals surface area contributed by atoms with Gasteiger partial charge in [0.25, 0.3) is 0 Å². The van der Waals surface area contributed by atoms with Crippen LogP contribution in [0.25, 0.3) is 0 Å². The van der Waals surface area contributed by atoms with Crippen molar-refractivity contribution in [3.05, 3.63) is 63.6 Å². The van der Waals surface area contributed by atoms with Crippen molar-refractivity contribution < 1.29 is 18.8 Å². The quantitative estimate of drug-likeness (QED) is 0.473. The first-order valence-electron chi connectivity index (χ1n) is 8.15. The van der Waals surface area contributed by atoms with Crippen molar-refractivity contribution in [3.8, 4) is 0 Å². The van der Waals surface area contributed by atoms with Crippen LogP contribution in [0.15, 0.2) is 36.5 Å². The number of nitrogens with zero attached hydrogens (tertiary/aromatic N) is 3. The molecule has 1 fully saturated rings. The van der Waals surface area contributed by atoms with Gasteiger partial charge in [0.1, 0.15) is 5.82 Å². The highest BCUT2D eigenvalue weighted by molar-refractivity contribution is 5.90. The molecule has 136 valence electrons. The molecule has 2 heterocycles. The van der Waals surface area contributed by atoms with E-state index in [1.807, 2.05) is 11.8 Å². The first-order valence-corrected chi connectivity index (χ1v) is 8.15. The highest BCUT2D eigenvalue weighted by Crippen LogP contribution is 2.38. The molecule has 1 aromatic heterocycles. The van der Waals surface area contributed by atoms with Gasteiger partial charge in [-0.2, -0.15) is 0 Å². The lowest BCUT2D eigenvalue weighted by Crippen LogP contribution is -2.28. The molecule has 3 rings (SSSR count). The summed E-state index contributed by atoms with van der Waals surface area (Å²) in [5.74, 6) is -0.634. The second-order valence-electron chi connectivity index (χ2n) is 6.30. The molecule has 26 heavy (non-hydrogen) atoms. The Morgan fingerprint density at radius 3 is 2.69 bits per heavy atom. The number of nitro groups is 1. The monoisotopic (exact) mass is 359 g/mol. The Morgan fingerprint density at radius 2 is 2.08 bits per heavy atom. The van der Waals surface area contributed by atoms with E-state index in [0.717, 1.165) is 12.0 Å². The molecular formula is C18H18FN3O4. The maximum absolute atomic E-state index is 13.1. The van der Waals surface area contributed by atoms with Crippen molar-refractivity contribution >= 4 is 17.5 Å². The summed E-state index contributed by atoms with van der Waals surface area (Å²) in [6.45, 7) is 2.49. The van der Waals surface area contributed by atoms with Crippen molar-refractivity contribution in [1.82, 2.24) is 4.98 Å². The third-order valence-corrected chi connectivity index (χ3v) is 4.65. The second kappa shape index (κ2) is 7.07. The fourth-order valence-corrected chi connectivity index (χ4v) is 3.33. The summed E-state index contributed by atoms with van der Waals surface area (Å²) in [4.78, 5) is 28.6. The van der Waals surface area contributed by atoms with Crippen LogP contribution in [0.4, 0.5) is 15.9 Å². The van der Waals surface area contributed by atoms with E-state index >= 15 is 0 Å². The lowest BCUT2D eigenvalue weighted by atomic mass is 9.97. The Balaban J connectivity index is 1.91. The smallest absolute Gasteiger partial charge is 0.339 e. The zero-order valence-electron chi connectivity index (χ0n) is 14.4. The van der Waals surface area contributed by atoms with Crippen molar-refractivity contribution in [2.24, 2.45) is 0 Å². The summed E-state index contributed by atoms with van der Waals surface area (Å²) in [7, 11) is 1.21. The minimum absolute atomic E-state index is 0.0141. The summed E-state index contributed by atoms with van der Waals surface area (Å²) >= 11 is 0. The number of rotatable bonds is 4. The van der Waals surface area contributed by atoms with E-state index in [1.54, 1.807) is 12.1 Å². The van der Waals surface area contributed by atoms with Crippen LogP contribution in [0.2, 0.25) is 0 Å². The Labute approximate surface area is 149 Å². The van der Waals surface area contributed by atoms with Gasteiger partial charge in [-0.15, -0.1) is 0 Å². The maximum Gasteiger partial charge on any atom is 0.339 e. The Bertz CT molecular complexity index is 841. The summed E-state index contributed by atoms with van der Waals surface area (Å²) in [5, 5.41) is 11.5. The average molecular weight is 359 g/mol. The van der Waals surface area contributed by atoms with Crippen LogP contribution in [0.5, 0.6) is 0 Å². The predicted octanol–water partition coefficient (Wildman–Crippen LogP) is 3.30. The normalized spacial score (nSPS) is 19.4. The molecule has 0 aliphatic carbocycles. The highest BCUT2D eigenvalue weighted by Gasteiger charge is 2.35. The van der Waals surface area contributed by atoms with Gasteiger partial charge in [0.15, 0.2) is 0 Å². The number of carbonyl (C=O) groups excluding carboxylic acids is 1. The molecule has 2 atom stereocenters. The lowest BCUT2D eigenvalue weighted by Gasteiger charge is -2.22. The molecular weight excluding hydrogens is 341 g/mol. The fourth-order valence-electron chi connectivity index (χ4n) is 3.33. The zero-order chi connectivity index (χ0) is 18.8. The summed E-state index contributed by atoms with van der Waals surface area (Å²) in [6, 6.07) is 7.49. The standard InChI is InChI=1S/C18H18FN3O4/c1-11-7-14(12-3-5-15(19)6-4-12)10-21(11)17-16(22(24)25)8-13(9-20-17)18(23)26-2/h3-6,8-9,11,14H,7,10H2,1-2H3. The van der Waals surface area contributed by atoms with E-state index < -0.39 is 10.9 Å². The van der Waals surface area contributed by atoms with Crippen molar-refractivity contribution in [2.45, 2.75) is 25.3 Å². The van der Waals surface area contributed by atoms with Crippen LogP contribution >= 0.6 is 0 Å². The molecule has 0 spiro atoms. The molecule has 1 aromatic carbocycles. The summed E-state index contributed by atoms with van der Waals surface area (Å²) < 4.78 is 17.7. The van der Waals surface area contributed by atoms with Gasteiger partial charge in [0.2, 0.25) is 5.82 Å². The molecule has 2 unspecified atom stereocenters. The van der Waals surface area contributed by atoms with Crippen LogP contribution in [0.3, 0.4) is 0 Å². The number of methoxy groups -OCH3 is 1. The molecule has 1 aliphatic heterocycles. The number of hydrogen-bond donors (Lipinski definition) is 0. The van der Waals surface area contributed by atoms with Crippen LogP contribution in [-0.4, -0.2) is 35.6 Å². The molecule has 1 saturated heterocycles. The van der Waals surface area contributed by atoms with Crippen LogP contribution in [0, 0.1) is 15.9 Å². The number of halogens is 1. The fraction of sp³-hybridized carbons (Fsp3) is 0.333. The highest BCUT2D eigenvalue weighted by atomic mass is 19.1. The first kappa shape index (κ1) is 17.8. The van der Waals surface area contributed by atoms with E-state index in [-0.39, 0.29) is 34.8 Å². The van der Waals surface area contributed by atoms with Gasteiger partial charge in [-0.1, -0.05) is 12.1 Å². The van der Waals surface area contributed by atoms with Gasteiger partial charge < -0.3 is 9.64 Å². The number of pyridine rings is 1. The molecule has 0 amide bonds. The molecule has 1 aliphatic rings. The van der Waals surface area contributed by atoms with Gasteiger partial charge in [0, 0.05) is 30.8 Å². The Kier molecular flexibility index (Phi) is 4.83. The Morgan fingerprint density at radius 1 is 1.38 bits per heavy atom. The molecule has 8 heteroatoms. The second-order valence-corrected chi connectivity index (χ2v) is 6.30. The lowest BCUT2D eigenvalue weighted by molar-refractivity contribution is -0.384. The van der Waals surface area contributed by atoms with Crippen LogP contribution in [-0.2, 0) is 4.74 Å². The SMILES string of the molecule is COC(=O)c1cnc(N2CC(c3ccc(F)cc3)CC2C)c([N+](=O)[O-])c1. The molecule has 0 N–H and O–H groups in total. The third-order valence-electron chi connectivity index (χ3n) is 4.65. The van der Waals surface area contributed by atoms with Gasteiger partial charge in [0.05, 0.1) is 17.6 Å². The molecule has 0 saturated carbocycles. The van der Waals surface area contributed by atoms with E-state index in [0.29, 0.717) is 6.54 Å². The average Bonchev–Trinajstić information content (AvgIpc) is 3.02. The molecule has 0 radical (unpaired) electrons. The minimum Gasteiger partial charge on any atom is -0.465 e. The van der Waals surface area contributed by atoms with E-state index in [1.165, 1.54) is 31.5 Å².